The summed E-state index contributed by atoms with van der Waals surface area (Å²) in [6.45, 7) is 5.29. The molecule has 0 spiro atoms. The van der Waals surface area contributed by atoms with Gasteiger partial charge in [0, 0.05) is 11.9 Å². The van der Waals surface area contributed by atoms with E-state index in [1.54, 1.807) is 12.1 Å². The maximum Gasteiger partial charge on any atom is 0.264 e. The van der Waals surface area contributed by atoms with Crippen molar-refractivity contribution in [2.45, 2.75) is 26.3 Å². The minimum Gasteiger partial charge on any atom is -0.482 e. The predicted octanol–water partition coefficient (Wildman–Crippen LogP) is 4.05. The Hall–Kier alpha value is -1.63. The third-order valence-corrected chi connectivity index (χ3v) is 5.37. The number of nitrogens with zero attached hydrogens (tertiary/aromatic N) is 2. The van der Waals surface area contributed by atoms with Gasteiger partial charge in [-0.1, -0.05) is 30.7 Å². The molecule has 0 unspecified atom stereocenters. The van der Waals surface area contributed by atoms with Gasteiger partial charge in [0.05, 0.1) is 10.7 Å². The van der Waals surface area contributed by atoms with Crippen LogP contribution in [0, 0.1) is 5.92 Å². The quantitative estimate of drug-likeness (QED) is 0.822. The monoisotopic (exact) mass is 379 g/mol. The third kappa shape index (κ3) is 5.42. The number of hydrogen-bond acceptors (Lipinski definition) is 5. The van der Waals surface area contributed by atoms with Crippen LogP contribution in [0.3, 0.4) is 0 Å². The number of likely N-dealkylation sites (tertiary alicyclic amines) is 1. The average molecular weight is 380 g/mol. The highest BCUT2D eigenvalue weighted by Gasteiger charge is 2.17. The zero-order chi connectivity index (χ0) is 17.6. The minimum atomic E-state index is -0.243. The van der Waals surface area contributed by atoms with E-state index in [1.165, 1.54) is 24.2 Å². The Morgan fingerprint density at radius 1 is 1.40 bits per heavy atom. The first kappa shape index (κ1) is 18.2. The summed E-state index contributed by atoms with van der Waals surface area (Å²) in [5, 5.41) is 5.87. The number of benzene rings is 1. The van der Waals surface area contributed by atoms with Crippen LogP contribution < -0.4 is 10.1 Å². The fraction of sp³-hybridized carbons (Fsp3) is 0.444. The molecular formula is C18H22ClN3O2S. The zero-order valence-electron chi connectivity index (χ0n) is 14.2. The van der Waals surface area contributed by atoms with Gasteiger partial charge in [-0.15, -0.1) is 11.3 Å². The molecule has 1 saturated heterocycles. The molecule has 134 valence electrons. The number of ether oxygens (including phenoxy) is 1. The van der Waals surface area contributed by atoms with Crippen molar-refractivity contribution in [3.05, 3.63) is 40.4 Å². The number of thiazole rings is 1. The van der Waals surface area contributed by atoms with Crippen LogP contribution in [0.4, 0.5) is 5.13 Å². The molecule has 1 aromatic carbocycles. The number of nitrogens with one attached hydrogen (secondary N) is 1. The van der Waals surface area contributed by atoms with E-state index in [-0.39, 0.29) is 12.5 Å². The molecule has 1 aromatic heterocycles. The van der Waals surface area contributed by atoms with Crippen LogP contribution in [0.25, 0.3) is 0 Å². The van der Waals surface area contributed by atoms with Crippen LogP contribution in [-0.2, 0) is 11.3 Å². The maximum absolute atomic E-state index is 12.0. The fourth-order valence-electron chi connectivity index (χ4n) is 2.75. The molecule has 2 heterocycles. The Morgan fingerprint density at radius 2 is 2.16 bits per heavy atom. The lowest BCUT2D eigenvalue weighted by Crippen LogP contribution is -2.32. The van der Waals surface area contributed by atoms with Crippen LogP contribution in [0.15, 0.2) is 29.6 Å². The van der Waals surface area contributed by atoms with E-state index in [0.717, 1.165) is 31.2 Å². The highest BCUT2D eigenvalue weighted by atomic mass is 35.5. The Labute approximate surface area is 157 Å². The number of rotatable bonds is 6. The van der Waals surface area contributed by atoms with Crippen molar-refractivity contribution < 1.29 is 9.53 Å². The molecule has 1 fully saturated rings. The van der Waals surface area contributed by atoms with E-state index < -0.39 is 0 Å². The van der Waals surface area contributed by atoms with Gasteiger partial charge in [-0.25, -0.2) is 4.98 Å². The van der Waals surface area contributed by atoms with Gasteiger partial charge in [-0.2, -0.15) is 0 Å². The minimum absolute atomic E-state index is 0.0946. The van der Waals surface area contributed by atoms with Crippen LogP contribution in [-0.4, -0.2) is 35.5 Å². The molecule has 0 aliphatic carbocycles. The smallest absolute Gasteiger partial charge is 0.264 e. The van der Waals surface area contributed by atoms with E-state index in [9.17, 15) is 4.79 Å². The second kappa shape index (κ2) is 8.65. The number of piperidine rings is 1. The zero-order valence-corrected chi connectivity index (χ0v) is 15.8. The summed E-state index contributed by atoms with van der Waals surface area (Å²) >= 11 is 7.44. The van der Waals surface area contributed by atoms with Crippen LogP contribution in [0.2, 0.25) is 5.02 Å². The molecule has 1 aliphatic rings. The lowest BCUT2D eigenvalue weighted by Gasteiger charge is -2.29. The summed E-state index contributed by atoms with van der Waals surface area (Å²) in [6, 6.07) is 7.09. The predicted molar refractivity (Wildman–Crippen MR) is 101 cm³/mol. The molecule has 2 aromatic rings. The van der Waals surface area contributed by atoms with Crippen LogP contribution in [0.1, 0.15) is 25.5 Å². The maximum atomic E-state index is 12.0. The van der Waals surface area contributed by atoms with Gasteiger partial charge in [-0.05, 0) is 44.0 Å². The lowest BCUT2D eigenvalue weighted by molar-refractivity contribution is -0.118. The number of anilines is 1. The van der Waals surface area contributed by atoms with Crippen molar-refractivity contribution in [1.82, 2.24) is 9.88 Å². The summed E-state index contributed by atoms with van der Waals surface area (Å²) in [4.78, 5) is 18.9. The molecule has 25 heavy (non-hydrogen) atoms. The van der Waals surface area contributed by atoms with E-state index in [1.807, 2.05) is 17.5 Å². The van der Waals surface area contributed by atoms with E-state index in [2.05, 4.69) is 22.1 Å². The molecule has 0 saturated carbocycles. The van der Waals surface area contributed by atoms with Crippen molar-refractivity contribution >= 4 is 34.0 Å². The largest absolute Gasteiger partial charge is 0.482 e. The summed E-state index contributed by atoms with van der Waals surface area (Å²) in [5.41, 5.74) is 1.00. The number of carbonyl (C=O) groups excluding carboxylic acids is 1. The first-order valence-electron chi connectivity index (χ1n) is 8.44. The molecule has 0 atom stereocenters. The van der Waals surface area contributed by atoms with E-state index in [0.29, 0.717) is 15.9 Å². The fourth-order valence-corrected chi connectivity index (χ4v) is 3.65. The first-order chi connectivity index (χ1) is 12.1. The van der Waals surface area contributed by atoms with Gasteiger partial charge in [0.25, 0.3) is 5.91 Å². The van der Waals surface area contributed by atoms with Gasteiger partial charge >= 0.3 is 0 Å². The Bertz CT molecular complexity index is 714. The second-order valence-corrected chi connectivity index (χ2v) is 7.64. The third-order valence-electron chi connectivity index (χ3n) is 4.26. The van der Waals surface area contributed by atoms with Crippen molar-refractivity contribution in [3.8, 4) is 5.75 Å². The van der Waals surface area contributed by atoms with Crippen molar-refractivity contribution in [2.24, 2.45) is 5.92 Å². The van der Waals surface area contributed by atoms with Crippen LogP contribution >= 0.6 is 22.9 Å². The van der Waals surface area contributed by atoms with Gasteiger partial charge in [0.2, 0.25) is 0 Å². The van der Waals surface area contributed by atoms with Crippen molar-refractivity contribution in [2.75, 3.05) is 25.0 Å². The molecule has 1 amide bonds. The normalized spacial score (nSPS) is 15.9. The molecule has 0 bridgehead atoms. The molecule has 0 radical (unpaired) electrons. The van der Waals surface area contributed by atoms with Gasteiger partial charge < -0.3 is 4.74 Å². The summed E-state index contributed by atoms with van der Waals surface area (Å²) in [5.74, 6) is 1.07. The van der Waals surface area contributed by atoms with E-state index in [4.69, 9.17) is 16.3 Å². The van der Waals surface area contributed by atoms with Gasteiger partial charge in [-0.3, -0.25) is 15.0 Å². The number of halogens is 1. The lowest BCUT2D eigenvalue weighted by atomic mass is 9.99. The molecule has 3 rings (SSSR count). The van der Waals surface area contributed by atoms with Crippen molar-refractivity contribution in [3.63, 3.8) is 0 Å². The number of amides is 1. The van der Waals surface area contributed by atoms with E-state index >= 15 is 0 Å². The SMILES string of the molecule is CC1CCN(Cc2csc(NC(=O)COc3ccccc3Cl)n2)CC1. The number of para-hydroxylation sites is 1. The summed E-state index contributed by atoms with van der Waals surface area (Å²) in [7, 11) is 0. The molecule has 1 N–H and O–H groups in total. The Balaban J connectivity index is 1.46. The summed E-state index contributed by atoms with van der Waals surface area (Å²) < 4.78 is 5.43. The summed E-state index contributed by atoms with van der Waals surface area (Å²) in [6.07, 6.45) is 2.49. The topological polar surface area (TPSA) is 54.5 Å². The Kier molecular flexibility index (Phi) is 6.29. The molecule has 1 aliphatic heterocycles. The number of carbonyl (C=O) groups is 1. The Morgan fingerprint density at radius 3 is 2.92 bits per heavy atom. The average Bonchev–Trinajstić information content (AvgIpc) is 3.03. The molecule has 7 heteroatoms. The molecular weight excluding hydrogens is 358 g/mol. The van der Waals surface area contributed by atoms with Gasteiger partial charge in [0.15, 0.2) is 11.7 Å². The number of aromatic nitrogens is 1. The standard InChI is InChI=1S/C18H22ClN3O2S/c1-13-6-8-22(9-7-13)10-14-12-25-18(20-14)21-17(23)11-24-16-5-3-2-4-15(16)19/h2-5,12-13H,6-11H2,1H3,(H,20,21,23). The molecule has 5 nitrogen and oxygen atoms in total. The number of hydrogen-bond donors (Lipinski definition) is 1. The highest BCUT2D eigenvalue weighted by molar-refractivity contribution is 7.13. The highest BCUT2D eigenvalue weighted by Crippen LogP contribution is 2.23. The van der Waals surface area contributed by atoms with Crippen molar-refractivity contribution in [1.29, 1.82) is 0 Å². The van der Waals surface area contributed by atoms with Crippen LogP contribution in [0.5, 0.6) is 5.75 Å². The second-order valence-electron chi connectivity index (χ2n) is 6.37. The van der Waals surface area contributed by atoms with Gasteiger partial charge in [0.1, 0.15) is 5.75 Å². The first-order valence-corrected chi connectivity index (χ1v) is 9.70.